The molecule has 2 aromatic rings. The number of methoxy groups -OCH3 is 1. The fourth-order valence-electron chi connectivity index (χ4n) is 5.71. The molecule has 1 aliphatic heterocycles. The summed E-state index contributed by atoms with van der Waals surface area (Å²) >= 11 is 8.59. The molecule has 192 valence electrons. The third-order valence-corrected chi connectivity index (χ3v) is 9.52. The van der Waals surface area contributed by atoms with Gasteiger partial charge in [-0.05, 0) is 75.2 Å². The van der Waals surface area contributed by atoms with E-state index >= 15 is 0 Å². The van der Waals surface area contributed by atoms with Gasteiger partial charge in [0.15, 0.2) is 0 Å². The molecular weight excluding hydrogens is 484 g/mol. The summed E-state index contributed by atoms with van der Waals surface area (Å²) in [4.78, 5) is 18.6. The number of thioether (sulfide) groups is 1. The highest BCUT2D eigenvalue weighted by Gasteiger charge is 2.37. The number of aliphatic carboxylic acids is 1. The summed E-state index contributed by atoms with van der Waals surface area (Å²) < 4.78 is 5.35. The highest BCUT2D eigenvalue weighted by molar-refractivity contribution is 7.99. The molecule has 0 amide bonds. The Morgan fingerprint density at radius 1 is 1.31 bits per heavy atom. The molecule has 2 aliphatic rings. The van der Waals surface area contributed by atoms with Crippen LogP contribution >= 0.6 is 23.4 Å². The number of rotatable bonds is 11. The van der Waals surface area contributed by atoms with E-state index in [2.05, 4.69) is 21.6 Å². The summed E-state index contributed by atoms with van der Waals surface area (Å²) in [5.41, 5.74) is 1.09. The molecule has 2 fully saturated rings. The van der Waals surface area contributed by atoms with Crippen LogP contribution in [0.5, 0.6) is 5.75 Å². The van der Waals surface area contributed by atoms with Crippen LogP contribution in [0.1, 0.15) is 69.5 Å². The molecule has 1 saturated carbocycles. The van der Waals surface area contributed by atoms with Gasteiger partial charge in [-0.1, -0.05) is 24.4 Å². The SMILES string of the molecule is COc1ccc2ncc(Cl)c([C@H](O)CCC3(CC(=O)O)CCN(CCSC4CCCC4)CC3)c2c1. The third kappa shape index (κ3) is 6.82. The Hall–Kier alpha value is -1.54. The second-order valence-corrected chi connectivity index (χ2v) is 12.0. The number of nitrogens with zero attached hydrogens (tertiary/aromatic N) is 2. The van der Waals surface area contributed by atoms with Gasteiger partial charge in [-0.2, -0.15) is 11.8 Å². The monoisotopic (exact) mass is 520 g/mol. The van der Waals surface area contributed by atoms with Gasteiger partial charge in [0, 0.05) is 34.7 Å². The zero-order chi connectivity index (χ0) is 24.8. The van der Waals surface area contributed by atoms with Gasteiger partial charge in [-0.15, -0.1) is 0 Å². The van der Waals surface area contributed by atoms with Crippen molar-refractivity contribution in [1.29, 1.82) is 0 Å². The van der Waals surface area contributed by atoms with E-state index < -0.39 is 12.1 Å². The van der Waals surface area contributed by atoms with Crippen molar-refractivity contribution in [2.75, 3.05) is 32.5 Å². The standard InChI is InChI=1S/C27H37ClN2O4S/c1-34-19-6-7-23-21(16-19)26(22(28)18-29-23)24(31)8-9-27(17-25(32)33)10-12-30(13-11-27)14-15-35-20-4-2-3-5-20/h6-7,16,18,20,24,31H,2-5,8-15,17H2,1H3,(H,32,33)/t24-/m1/s1. The molecule has 8 heteroatoms. The number of carboxylic acid groups (broad SMARTS) is 1. The van der Waals surface area contributed by atoms with Crippen LogP contribution in [0.15, 0.2) is 24.4 Å². The largest absolute Gasteiger partial charge is 0.497 e. The van der Waals surface area contributed by atoms with E-state index in [0.717, 1.165) is 54.4 Å². The lowest BCUT2D eigenvalue weighted by Crippen LogP contribution is -2.42. The summed E-state index contributed by atoms with van der Waals surface area (Å²) in [5, 5.41) is 22.9. The van der Waals surface area contributed by atoms with Gasteiger partial charge < -0.3 is 19.8 Å². The van der Waals surface area contributed by atoms with E-state index in [1.54, 1.807) is 13.3 Å². The number of hydrogen-bond acceptors (Lipinski definition) is 6. The maximum absolute atomic E-state index is 11.8. The number of fused-ring (bicyclic) bond motifs is 1. The number of aromatic nitrogens is 1. The van der Waals surface area contributed by atoms with E-state index in [1.807, 2.05) is 18.2 Å². The smallest absolute Gasteiger partial charge is 0.303 e. The van der Waals surface area contributed by atoms with Crippen molar-refractivity contribution in [3.8, 4) is 5.75 Å². The Kier molecular flexibility index (Phi) is 9.19. The first kappa shape index (κ1) is 26.5. The average Bonchev–Trinajstić information content (AvgIpc) is 3.36. The van der Waals surface area contributed by atoms with Gasteiger partial charge >= 0.3 is 5.97 Å². The fourth-order valence-corrected chi connectivity index (χ4v) is 7.35. The molecule has 1 aromatic carbocycles. The molecule has 1 aliphatic carbocycles. The molecule has 0 spiro atoms. The highest BCUT2D eigenvalue weighted by Crippen LogP contribution is 2.43. The van der Waals surface area contributed by atoms with Crippen molar-refractivity contribution in [3.05, 3.63) is 35.0 Å². The molecule has 35 heavy (non-hydrogen) atoms. The number of aliphatic hydroxyl groups excluding tert-OH is 1. The van der Waals surface area contributed by atoms with Crippen LogP contribution in [0.3, 0.4) is 0 Å². The Morgan fingerprint density at radius 3 is 2.74 bits per heavy atom. The molecule has 2 N–H and O–H groups in total. The van der Waals surface area contributed by atoms with Crippen LogP contribution in [0.2, 0.25) is 5.02 Å². The predicted octanol–water partition coefficient (Wildman–Crippen LogP) is 5.94. The minimum Gasteiger partial charge on any atom is -0.497 e. The normalized spacial score (nSPS) is 19.7. The number of ether oxygens (including phenoxy) is 1. The Labute approximate surface area is 217 Å². The van der Waals surface area contributed by atoms with Gasteiger partial charge in [0.25, 0.3) is 0 Å². The molecule has 0 unspecified atom stereocenters. The van der Waals surface area contributed by atoms with E-state index in [9.17, 15) is 15.0 Å². The number of hydrogen-bond donors (Lipinski definition) is 2. The lowest BCUT2D eigenvalue weighted by Gasteiger charge is -2.41. The number of pyridine rings is 1. The van der Waals surface area contributed by atoms with Gasteiger partial charge in [0.05, 0.1) is 30.2 Å². The van der Waals surface area contributed by atoms with E-state index in [0.29, 0.717) is 29.2 Å². The van der Waals surface area contributed by atoms with Crippen molar-refractivity contribution in [2.45, 2.75) is 69.1 Å². The van der Waals surface area contributed by atoms with Crippen LogP contribution in [0.4, 0.5) is 0 Å². The first-order chi connectivity index (χ1) is 16.9. The number of carboxylic acids is 1. The second kappa shape index (κ2) is 12.1. The van der Waals surface area contributed by atoms with Crippen LogP contribution in [0, 0.1) is 5.41 Å². The van der Waals surface area contributed by atoms with Crippen molar-refractivity contribution >= 4 is 40.2 Å². The molecule has 2 heterocycles. The van der Waals surface area contributed by atoms with Crippen molar-refractivity contribution < 1.29 is 19.7 Å². The maximum Gasteiger partial charge on any atom is 0.303 e. The molecule has 4 rings (SSSR count). The molecule has 1 atom stereocenters. The summed E-state index contributed by atoms with van der Waals surface area (Å²) in [5.74, 6) is 1.07. The number of carbonyl (C=O) groups is 1. The molecule has 0 radical (unpaired) electrons. The molecule has 0 bridgehead atoms. The van der Waals surface area contributed by atoms with Crippen molar-refractivity contribution in [1.82, 2.24) is 9.88 Å². The number of benzene rings is 1. The van der Waals surface area contributed by atoms with Gasteiger partial charge in [-0.3, -0.25) is 9.78 Å². The Bertz CT molecular complexity index is 1010. The van der Waals surface area contributed by atoms with E-state index in [1.165, 1.54) is 25.7 Å². The van der Waals surface area contributed by atoms with E-state index in [-0.39, 0.29) is 11.8 Å². The number of aliphatic hydroxyl groups is 1. The number of likely N-dealkylation sites (tertiary alicyclic amines) is 1. The lowest BCUT2D eigenvalue weighted by molar-refractivity contribution is -0.141. The Morgan fingerprint density at radius 2 is 2.06 bits per heavy atom. The van der Waals surface area contributed by atoms with Crippen LogP contribution in [-0.2, 0) is 4.79 Å². The van der Waals surface area contributed by atoms with Crippen molar-refractivity contribution in [2.24, 2.45) is 5.41 Å². The predicted molar refractivity (Wildman–Crippen MR) is 143 cm³/mol. The maximum atomic E-state index is 11.8. The zero-order valence-corrected chi connectivity index (χ0v) is 22.1. The quantitative estimate of drug-likeness (QED) is 0.379. The molecule has 1 aromatic heterocycles. The molecular formula is C27H37ClN2O4S. The van der Waals surface area contributed by atoms with Crippen LogP contribution in [0.25, 0.3) is 10.9 Å². The van der Waals surface area contributed by atoms with Crippen molar-refractivity contribution in [3.63, 3.8) is 0 Å². The summed E-state index contributed by atoms with van der Waals surface area (Å²) in [6.07, 6.45) is 9.18. The van der Waals surface area contributed by atoms with Gasteiger partial charge in [-0.25, -0.2) is 0 Å². The van der Waals surface area contributed by atoms with Gasteiger partial charge in [0.2, 0.25) is 0 Å². The third-order valence-electron chi connectivity index (χ3n) is 7.86. The lowest BCUT2D eigenvalue weighted by atomic mass is 9.71. The Balaban J connectivity index is 1.39. The minimum atomic E-state index is -0.799. The summed E-state index contributed by atoms with van der Waals surface area (Å²) in [6.45, 7) is 2.92. The zero-order valence-electron chi connectivity index (χ0n) is 20.5. The first-order valence-corrected chi connectivity index (χ1v) is 14.2. The minimum absolute atomic E-state index is 0.142. The summed E-state index contributed by atoms with van der Waals surface area (Å²) in [6, 6.07) is 5.54. The second-order valence-electron chi connectivity index (χ2n) is 10.1. The van der Waals surface area contributed by atoms with E-state index in [4.69, 9.17) is 16.3 Å². The van der Waals surface area contributed by atoms with Crippen LogP contribution in [-0.4, -0.2) is 63.8 Å². The van der Waals surface area contributed by atoms with Crippen LogP contribution < -0.4 is 4.74 Å². The first-order valence-electron chi connectivity index (χ1n) is 12.8. The summed E-state index contributed by atoms with van der Waals surface area (Å²) in [7, 11) is 1.60. The van der Waals surface area contributed by atoms with Gasteiger partial charge in [0.1, 0.15) is 5.75 Å². The number of halogens is 1. The number of piperidine rings is 1. The highest BCUT2D eigenvalue weighted by atomic mass is 35.5. The average molecular weight is 521 g/mol. The molecule has 1 saturated heterocycles. The molecule has 6 nitrogen and oxygen atoms in total. The fraction of sp³-hybridized carbons (Fsp3) is 0.630. The topological polar surface area (TPSA) is 82.9 Å².